The molecule has 31 heavy (non-hydrogen) atoms. The molecule has 2 heteroatoms. The lowest BCUT2D eigenvalue weighted by Gasteiger charge is -2.10. The fourth-order valence-electron chi connectivity index (χ4n) is 4.10. The van der Waals surface area contributed by atoms with Crippen LogP contribution in [0.3, 0.4) is 0 Å². The third-order valence-corrected chi connectivity index (χ3v) is 5.97. The molecule has 0 nitrogen and oxygen atoms in total. The van der Waals surface area contributed by atoms with Crippen molar-refractivity contribution in [2.75, 3.05) is 0 Å². The first-order valence-electron chi connectivity index (χ1n) is 11.8. The second-order valence-corrected chi connectivity index (χ2v) is 8.45. The van der Waals surface area contributed by atoms with Crippen molar-refractivity contribution >= 4 is 0 Å². The molecule has 0 spiro atoms. The number of hydrogen-bond donors (Lipinski definition) is 0. The van der Waals surface area contributed by atoms with E-state index in [4.69, 9.17) is 0 Å². The van der Waals surface area contributed by atoms with Crippen molar-refractivity contribution in [3.63, 3.8) is 0 Å². The highest BCUT2D eigenvalue weighted by molar-refractivity contribution is 5.72. The number of rotatable bonds is 11. The first-order chi connectivity index (χ1) is 15.1. The van der Waals surface area contributed by atoms with Crippen molar-refractivity contribution in [3.8, 4) is 22.3 Å². The van der Waals surface area contributed by atoms with Crippen LogP contribution in [0.4, 0.5) is 8.78 Å². The molecule has 0 saturated carbocycles. The third-order valence-electron chi connectivity index (χ3n) is 5.97. The minimum atomic E-state index is -0.781. The van der Waals surface area contributed by atoms with Gasteiger partial charge >= 0.3 is 0 Å². The zero-order valence-corrected chi connectivity index (χ0v) is 18.9. The average Bonchev–Trinajstić information content (AvgIpc) is 2.79. The molecule has 3 aromatic carbocycles. The lowest BCUT2D eigenvalue weighted by atomic mass is 9.96. The van der Waals surface area contributed by atoms with Gasteiger partial charge in [0.1, 0.15) is 0 Å². The Bertz CT molecular complexity index is 940. The molecule has 0 unspecified atom stereocenters. The number of benzene rings is 3. The Morgan fingerprint density at radius 3 is 1.42 bits per heavy atom. The summed E-state index contributed by atoms with van der Waals surface area (Å²) in [5.74, 6) is -1.56. The van der Waals surface area contributed by atoms with Gasteiger partial charge < -0.3 is 0 Å². The lowest BCUT2D eigenvalue weighted by molar-refractivity contribution is 0.514. The van der Waals surface area contributed by atoms with Crippen LogP contribution in [0.15, 0.2) is 60.7 Å². The van der Waals surface area contributed by atoms with E-state index in [2.05, 4.69) is 13.8 Å². The Balaban J connectivity index is 1.68. The van der Waals surface area contributed by atoms with Crippen molar-refractivity contribution in [3.05, 3.63) is 83.4 Å². The van der Waals surface area contributed by atoms with Crippen LogP contribution in [-0.4, -0.2) is 0 Å². The monoisotopic (exact) mass is 420 g/mol. The van der Waals surface area contributed by atoms with E-state index in [1.165, 1.54) is 49.7 Å². The van der Waals surface area contributed by atoms with Crippen LogP contribution in [-0.2, 0) is 12.8 Å². The highest BCUT2D eigenvalue weighted by atomic mass is 19.2. The second-order valence-electron chi connectivity index (χ2n) is 8.45. The molecule has 0 bridgehead atoms. The molecular weight excluding hydrogens is 386 g/mol. The first kappa shape index (κ1) is 23.2. The maximum atomic E-state index is 14.9. The first-order valence-corrected chi connectivity index (χ1v) is 11.8. The van der Waals surface area contributed by atoms with Crippen LogP contribution < -0.4 is 0 Å². The molecule has 0 radical (unpaired) electrons. The molecule has 0 fully saturated rings. The molecule has 164 valence electrons. The molecule has 0 heterocycles. The molecule has 3 aromatic rings. The Kier molecular flexibility index (Phi) is 8.82. The topological polar surface area (TPSA) is 0 Å². The predicted molar refractivity (Wildman–Crippen MR) is 128 cm³/mol. The fourth-order valence-corrected chi connectivity index (χ4v) is 4.10. The van der Waals surface area contributed by atoms with Crippen molar-refractivity contribution in [2.45, 2.75) is 71.6 Å². The maximum absolute atomic E-state index is 14.9. The summed E-state index contributed by atoms with van der Waals surface area (Å²) in [6, 6.07) is 19.0. The average molecular weight is 421 g/mol. The van der Waals surface area contributed by atoms with Crippen molar-refractivity contribution in [2.24, 2.45) is 0 Å². The molecular formula is C29H34F2. The highest BCUT2D eigenvalue weighted by Gasteiger charge is 2.16. The number of aryl methyl sites for hydroxylation is 2. The zero-order chi connectivity index (χ0) is 22.1. The van der Waals surface area contributed by atoms with Crippen LogP contribution in [0.1, 0.15) is 69.9 Å². The van der Waals surface area contributed by atoms with Gasteiger partial charge in [0.2, 0.25) is 0 Å². The molecule has 0 saturated heterocycles. The summed E-state index contributed by atoms with van der Waals surface area (Å²) in [6.45, 7) is 4.36. The normalized spacial score (nSPS) is 11.1. The van der Waals surface area contributed by atoms with Crippen LogP contribution in [0.5, 0.6) is 0 Å². The summed E-state index contributed by atoms with van der Waals surface area (Å²) >= 11 is 0. The molecule has 0 aliphatic rings. The van der Waals surface area contributed by atoms with Gasteiger partial charge in [-0.25, -0.2) is 8.78 Å². The van der Waals surface area contributed by atoms with Gasteiger partial charge in [-0.3, -0.25) is 0 Å². The predicted octanol–water partition coefficient (Wildman–Crippen LogP) is 9.15. The van der Waals surface area contributed by atoms with Crippen molar-refractivity contribution < 1.29 is 8.78 Å². The largest absolute Gasteiger partial charge is 0.203 e. The summed E-state index contributed by atoms with van der Waals surface area (Å²) in [4.78, 5) is 0. The minimum Gasteiger partial charge on any atom is -0.203 e. The van der Waals surface area contributed by atoms with E-state index >= 15 is 0 Å². The van der Waals surface area contributed by atoms with E-state index in [1.54, 1.807) is 12.1 Å². The summed E-state index contributed by atoms with van der Waals surface area (Å²) < 4.78 is 29.8. The Morgan fingerprint density at radius 1 is 0.484 bits per heavy atom. The summed E-state index contributed by atoms with van der Waals surface area (Å²) in [5, 5.41) is 0. The molecule has 0 aromatic heterocycles. The molecule has 0 aliphatic carbocycles. The minimum absolute atomic E-state index is 0.309. The lowest BCUT2D eigenvalue weighted by Crippen LogP contribution is -1.95. The molecule has 3 rings (SSSR count). The van der Waals surface area contributed by atoms with Crippen LogP contribution >= 0.6 is 0 Å². The molecule has 0 amide bonds. The SMILES string of the molecule is CCCCCCCCc1ccc(-c2ccc(-c3ccc(CCC)cc3)c(F)c2F)cc1. The van der Waals surface area contributed by atoms with Crippen LogP contribution in [0, 0.1) is 11.6 Å². The zero-order valence-electron chi connectivity index (χ0n) is 18.9. The standard InChI is InChI=1S/C29H34F2/c1-3-5-6-7-8-9-11-23-14-18-25(19-15-23)27-21-20-26(28(30)29(27)31)24-16-12-22(10-4-2)13-17-24/h12-21H,3-11H2,1-2H3. The Morgan fingerprint density at radius 2 is 0.935 bits per heavy atom. The number of halogens is 2. The smallest absolute Gasteiger partial charge is 0.167 e. The third kappa shape index (κ3) is 6.26. The van der Waals surface area contributed by atoms with Crippen LogP contribution in [0.25, 0.3) is 22.3 Å². The van der Waals surface area contributed by atoms with E-state index in [-0.39, 0.29) is 0 Å². The van der Waals surface area contributed by atoms with E-state index in [0.717, 1.165) is 19.3 Å². The number of unbranched alkanes of at least 4 members (excludes halogenated alkanes) is 5. The van der Waals surface area contributed by atoms with E-state index in [9.17, 15) is 8.78 Å². The molecule has 0 N–H and O–H groups in total. The van der Waals surface area contributed by atoms with Gasteiger partial charge in [0.15, 0.2) is 11.6 Å². The maximum Gasteiger partial charge on any atom is 0.167 e. The van der Waals surface area contributed by atoms with Gasteiger partial charge in [-0.15, -0.1) is 0 Å². The highest BCUT2D eigenvalue weighted by Crippen LogP contribution is 2.32. The summed E-state index contributed by atoms with van der Waals surface area (Å²) in [7, 11) is 0. The van der Waals surface area contributed by atoms with Gasteiger partial charge in [0.05, 0.1) is 0 Å². The summed E-state index contributed by atoms with van der Waals surface area (Å²) in [5.41, 5.74) is 4.51. The summed E-state index contributed by atoms with van der Waals surface area (Å²) in [6.07, 6.45) is 10.7. The van der Waals surface area contributed by atoms with E-state index < -0.39 is 11.6 Å². The second kappa shape index (κ2) is 11.8. The van der Waals surface area contributed by atoms with Gasteiger partial charge in [-0.05, 0) is 41.5 Å². The number of hydrogen-bond acceptors (Lipinski definition) is 0. The Hall–Kier alpha value is -2.48. The van der Waals surface area contributed by atoms with Crippen molar-refractivity contribution in [1.29, 1.82) is 0 Å². The van der Waals surface area contributed by atoms with Crippen LogP contribution in [0.2, 0.25) is 0 Å². The van der Waals surface area contributed by atoms with Gasteiger partial charge in [0, 0.05) is 11.1 Å². The quantitative estimate of drug-likeness (QED) is 0.271. The van der Waals surface area contributed by atoms with Gasteiger partial charge in [-0.2, -0.15) is 0 Å². The molecule has 0 atom stereocenters. The van der Waals surface area contributed by atoms with Crippen molar-refractivity contribution in [1.82, 2.24) is 0 Å². The van der Waals surface area contributed by atoms with Gasteiger partial charge in [0.25, 0.3) is 0 Å². The van der Waals surface area contributed by atoms with E-state index in [1.807, 2.05) is 48.5 Å². The molecule has 0 aliphatic heterocycles. The van der Waals surface area contributed by atoms with Gasteiger partial charge in [-0.1, -0.05) is 113 Å². The Labute approximate surface area is 186 Å². The van der Waals surface area contributed by atoms with E-state index in [0.29, 0.717) is 22.3 Å². The fraction of sp³-hybridized carbons (Fsp3) is 0.379.